The first kappa shape index (κ1) is 16.9. The first-order chi connectivity index (χ1) is 11.6. The van der Waals surface area contributed by atoms with Crippen molar-refractivity contribution in [3.8, 4) is 0 Å². The van der Waals surface area contributed by atoms with Crippen molar-refractivity contribution >= 4 is 18.1 Å². The predicted octanol–water partition coefficient (Wildman–Crippen LogP) is 2.58. The van der Waals surface area contributed by atoms with Gasteiger partial charge in [0.05, 0.1) is 6.54 Å². The van der Waals surface area contributed by atoms with Gasteiger partial charge in [0.2, 0.25) is 5.91 Å². The highest BCUT2D eigenvalue weighted by Crippen LogP contribution is 2.35. The van der Waals surface area contributed by atoms with Crippen LogP contribution < -0.4 is 5.32 Å². The second kappa shape index (κ2) is 7.27. The number of nitrogens with zero attached hydrogens (tertiary/aromatic N) is 3. The summed E-state index contributed by atoms with van der Waals surface area (Å²) in [6.07, 6.45) is 2.25. The summed E-state index contributed by atoms with van der Waals surface area (Å²) in [6.45, 7) is 3.21. The van der Waals surface area contributed by atoms with Gasteiger partial charge in [0.1, 0.15) is 6.04 Å². The van der Waals surface area contributed by atoms with Gasteiger partial charge in [-0.1, -0.05) is 37.3 Å². The molecule has 1 aromatic heterocycles. The third kappa shape index (κ3) is 3.57. The average Bonchev–Trinajstić information content (AvgIpc) is 3.36. The monoisotopic (exact) mass is 345 g/mol. The normalized spacial score (nSPS) is 15.5. The molecule has 0 spiro atoms. The molecule has 0 saturated heterocycles. The molecule has 1 heterocycles. The van der Waals surface area contributed by atoms with Crippen LogP contribution >= 0.6 is 12.2 Å². The maximum atomic E-state index is 12.8. The first-order valence-electron chi connectivity index (χ1n) is 8.30. The van der Waals surface area contributed by atoms with E-state index in [1.165, 1.54) is 0 Å². The summed E-state index contributed by atoms with van der Waals surface area (Å²) in [5.74, 6) is 0.767. The predicted molar refractivity (Wildman–Crippen MR) is 95.0 cm³/mol. The summed E-state index contributed by atoms with van der Waals surface area (Å²) in [5, 5.41) is 10.1. The van der Waals surface area contributed by atoms with Crippen LogP contribution in [-0.4, -0.2) is 39.2 Å². The minimum absolute atomic E-state index is 0.0261. The molecule has 1 saturated carbocycles. The molecule has 24 heavy (non-hydrogen) atoms. The average molecular weight is 345 g/mol. The van der Waals surface area contributed by atoms with E-state index in [9.17, 15) is 4.79 Å². The Balaban J connectivity index is 1.73. The number of rotatable bonds is 7. The topological polar surface area (TPSA) is 66.0 Å². The third-order valence-electron chi connectivity index (χ3n) is 4.41. The van der Waals surface area contributed by atoms with Gasteiger partial charge in [-0.15, -0.1) is 0 Å². The highest BCUT2D eigenvalue weighted by Gasteiger charge is 2.28. The Kier molecular flexibility index (Phi) is 5.11. The molecular formula is C17H23N5OS. The summed E-state index contributed by atoms with van der Waals surface area (Å²) in [4.78, 5) is 14.8. The molecule has 1 unspecified atom stereocenters. The fourth-order valence-electron chi connectivity index (χ4n) is 2.86. The van der Waals surface area contributed by atoms with Crippen molar-refractivity contribution in [1.29, 1.82) is 0 Å². The maximum absolute atomic E-state index is 12.8. The van der Waals surface area contributed by atoms with Gasteiger partial charge >= 0.3 is 0 Å². The lowest BCUT2D eigenvalue weighted by molar-refractivity contribution is -0.126. The van der Waals surface area contributed by atoms with Gasteiger partial charge in [-0.05, 0) is 44.2 Å². The summed E-state index contributed by atoms with van der Waals surface area (Å²) < 4.78 is 2.66. The van der Waals surface area contributed by atoms with E-state index < -0.39 is 0 Å². The number of likely N-dealkylation sites (N-methyl/N-ethyl adjacent to an activating group) is 1. The van der Waals surface area contributed by atoms with Crippen molar-refractivity contribution < 1.29 is 4.79 Å². The SMILES string of the molecule is CCN(C)C(C(=O)NCc1n[nH]c(=S)n1C1CC1)c1ccccc1. The molecule has 0 radical (unpaired) electrons. The Morgan fingerprint density at radius 3 is 2.79 bits per heavy atom. The van der Waals surface area contributed by atoms with E-state index in [0.29, 0.717) is 17.4 Å². The Hall–Kier alpha value is -1.99. The number of H-pyrrole nitrogens is 1. The Labute approximate surface area is 146 Å². The fourth-order valence-corrected chi connectivity index (χ4v) is 3.16. The number of nitrogens with one attached hydrogen (secondary N) is 2. The quantitative estimate of drug-likeness (QED) is 0.757. The van der Waals surface area contributed by atoms with Gasteiger partial charge in [-0.3, -0.25) is 19.4 Å². The molecular weight excluding hydrogens is 322 g/mol. The van der Waals surface area contributed by atoms with E-state index in [0.717, 1.165) is 30.8 Å². The zero-order chi connectivity index (χ0) is 17.1. The second-order valence-corrected chi connectivity index (χ2v) is 6.54. The van der Waals surface area contributed by atoms with Gasteiger partial charge in [-0.25, -0.2) is 0 Å². The Bertz CT molecular complexity index is 750. The van der Waals surface area contributed by atoms with E-state index >= 15 is 0 Å². The van der Waals surface area contributed by atoms with Gasteiger partial charge < -0.3 is 5.32 Å². The van der Waals surface area contributed by atoms with Crippen LogP contribution in [0.3, 0.4) is 0 Å². The number of carbonyl (C=O) groups excluding carboxylic acids is 1. The van der Waals surface area contributed by atoms with Crippen LogP contribution in [0.1, 0.15) is 43.2 Å². The number of aromatic amines is 1. The van der Waals surface area contributed by atoms with Crippen molar-refractivity contribution in [2.75, 3.05) is 13.6 Å². The summed E-state index contributed by atoms with van der Waals surface area (Å²) in [7, 11) is 1.96. The highest BCUT2D eigenvalue weighted by atomic mass is 32.1. The molecule has 2 N–H and O–H groups in total. The number of amides is 1. The fraction of sp³-hybridized carbons (Fsp3) is 0.471. The molecule has 128 valence electrons. The van der Waals surface area contributed by atoms with Crippen LogP contribution in [0.25, 0.3) is 0 Å². The molecule has 1 aliphatic rings. The van der Waals surface area contributed by atoms with E-state index in [-0.39, 0.29) is 11.9 Å². The molecule has 7 heteroatoms. The second-order valence-electron chi connectivity index (χ2n) is 6.15. The van der Waals surface area contributed by atoms with Crippen molar-refractivity contribution in [2.45, 2.75) is 38.4 Å². The van der Waals surface area contributed by atoms with E-state index in [4.69, 9.17) is 12.2 Å². The van der Waals surface area contributed by atoms with Gasteiger partial charge in [0.25, 0.3) is 0 Å². The van der Waals surface area contributed by atoms with Crippen LogP contribution in [-0.2, 0) is 11.3 Å². The van der Waals surface area contributed by atoms with Crippen LogP contribution in [0.5, 0.6) is 0 Å². The number of benzene rings is 1. The van der Waals surface area contributed by atoms with Gasteiger partial charge in [0, 0.05) is 6.04 Å². The molecule has 3 rings (SSSR count). The van der Waals surface area contributed by atoms with Crippen molar-refractivity contribution in [3.05, 3.63) is 46.5 Å². The molecule has 1 aliphatic carbocycles. The lowest BCUT2D eigenvalue weighted by atomic mass is 10.0. The van der Waals surface area contributed by atoms with Crippen LogP contribution in [0, 0.1) is 4.77 Å². The Morgan fingerprint density at radius 1 is 1.46 bits per heavy atom. The molecule has 1 atom stereocenters. The number of hydrogen-bond acceptors (Lipinski definition) is 4. The van der Waals surface area contributed by atoms with E-state index in [1.807, 2.05) is 53.8 Å². The minimum Gasteiger partial charge on any atom is -0.347 e. The van der Waals surface area contributed by atoms with Crippen LogP contribution in [0.2, 0.25) is 0 Å². The van der Waals surface area contributed by atoms with Gasteiger partial charge in [0.15, 0.2) is 10.6 Å². The molecule has 0 aliphatic heterocycles. The van der Waals surface area contributed by atoms with E-state index in [1.54, 1.807) is 0 Å². The summed E-state index contributed by atoms with van der Waals surface area (Å²) in [6, 6.07) is 9.96. The Morgan fingerprint density at radius 2 is 2.17 bits per heavy atom. The maximum Gasteiger partial charge on any atom is 0.242 e. The molecule has 1 fully saturated rings. The lowest BCUT2D eigenvalue weighted by Gasteiger charge is -2.26. The van der Waals surface area contributed by atoms with Gasteiger partial charge in [-0.2, -0.15) is 5.10 Å². The smallest absolute Gasteiger partial charge is 0.242 e. The molecule has 2 aromatic rings. The third-order valence-corrected chi connectivity index (χ3v) is 4.70. The molecule has 1 aromatic carbocycles. The number of carbonyl (C=O) groups is 1. The zero-order valence-corrected chi connectivity index (χ0v) is 14.8. The number of aromatic nitrogens is 3. The number of hydrogen-bond donors (Lipinski definition) is 2. The summed E-state index contributed by atoms with van der Waals surface area (Å²) >= 11 is 5.28. The van der Waals surface area contributed by atoms with Crippen molar-refractivity contribution in [2.24, 2.45) is 0 Å². The minimum atomic E-state index is -0.313. The van der Waals surface area contributed by atoms with Crippen LogP contribution in [0.4, 0.5) is 0 Å². The first-order valence-corrected chi connectivity index (χ1v) is 8.71. The van der Waals surface area contributed by atoms with Crippen molar-refractivity contribution in [1.82, 2.24) is 25.0 Å². The van der Waals surface area contributed by atoms with E-state index in [2.05, 4.69) is 15.5 Å². The molecule has 6 nitrogen and oxygen atoms in total. The highest BCUT2D eigenvalue weighted by molar-refractivity contribution is 7.71. The largest absolute Gasteiger partial charge is 0.347 e. The standard InChI is InChI=1S/C17H23N5OS/c1-3-21(2)15(12-7-5-4-6-8-12)16(23)18-11-14-19-20-17(24)22(14)13-9-10-13/h4-8,13,15H,3,9-11H2,1-2H3,(H,18,23)(H,20,24). The zero-order valence-electron chi connectivity index (χ0n) is 14.0. The lowest BCUT2D eigenvalue weighted by Crippen LogP contribution is -2.38. The van der Waals surface area contributed by atoms with Crippen molar-refractivity contribution in [3.63, 3.8) is 0 Å². The molecule has 1 amide bonds. The summed E-state index contributed by atoms with van der Waals surface area (Å²) in [5.41, 5.74) is 0.986. The molecule has 0 bridgehead atoms. The van der Waals surface area contributed by atoms with Crippen LogP contribution in [0.15, 0.2) is 30.3 Å².